The Morgan fingerprint density at radius 2 is 1.88 bits per heavy atom. The maximum atomic E-state index is 12.1. The van der Waals surface area contributed by atoms with E-state index in [0.717, 1.165) is 22.8 Å². The third-order valence-corrected chi connectivity index (χ3v) is 5.75. The number of carbonyl (C=O) groups is 1. The summed E-state index contributed by atoms with van der Waals surface area (Å²) in [6, 6.07) is 14.6. The summed E-state index contributed by atoms with van der Waals surface area (Å²) in [7, 11) is 0. The van der Waals surface area contributed by atoms with E-state index in [1.165, 1.54) is 38.8 Å². The summed E-state index contributed by atoms with van der Waals surface area (Å²) in [5, 5.41) is 2.20. The van der Waals surface area contributed by atoms with Crippen molar-refractivity contribution >= 4 is 16.7 Å². The molecule has 0 unspecified atom stereocenters. The number of ether oxygens (including phenoxy) is 1. The fourth-order valence-electron chi connectivity index (χ4n) is 4.44. The molecule has 0 aromatic heterocycles. The van der Waals surface area contributed by atoms with Crippen LogP contribution in [0.1, 0.15) is 37.7 Å². The van der Waals surface area contributed by atoms with Crippen LogP contribution in [0.2, 0.25) is 0 Å². The third-order valence-electron chi connectivity index (χ3n) is 5.75. The highest BCUT2D eigenvalue weighted by atomic mass is 16.5. The van der Waals surface area contributed by atoms with Crippen molar-refractivity contribution in [3.8, 4) is 11.8 Å². The highest BCUT2D eigenvalue weighted by Gasteiger charge is 2.33. The maximum absolute atomic E-state index is 12.1. The topological polar surface area (TPSA) is 29.5 Å². The number of piperidine rings is 2. The number of hydrogen-bond donors (Lipinski definition) is 0. The van der Waals surface area contributed by atoms with Gasteiger partial charge in [0.2, 0.25) is 0 Å². The van der Waals surface area contributed by atoms with Gasteiger partial charge in [-0.1, -0.05) is 48.7 Å². The van der Waals surface area contributed by atoms with Gasteiger partial charge < -0.3 is 4.74 Å². The molecule has 2 aliphatic rings. The van der Waals surface area contributed by atoms with Crippen molar-refractivity contribution in [2.75, 3.05) is 19.7 Å². The maximum Gasteiger partial charge on any atom is 0.384 e. The fourth-order valence-corrected chi connectivity index (χ4v) is 4.44. The summed E-state index contributed by atoms with van der Waals surface area (Å²) in [6.45, 7) is 2.91. The molecule has 2 aromatic rings. The molecule has 2 aromatic carbocycles. The highest BCUT2D eigenvalue weighted by molar-refractivity contribution is 5.92. The van der Waals surface area contributed by atoms with Gasteiger partial charge in [-0.25, -0.2) is 4.79 Å². The smallest absolute Gasteiger partial charge is 0.384 e. The largest absolute Gasteiger partial charge is 0.456 e. The van der Waals surface area contributed by atoms with E-state index in [2.05, 4.69) is 28.9 Å². The molecule has 2 fully saturated rings. The molecule has 2 aliphatic heterocycles. The third kappa shape index (κ3) is 3.76. The SMILES string of the molecule is O=C(C#Cc1cccc2ccccc12)OC[C@H]1CCCN2CCCC[C@@H]12. The summed E-state index contributed by atoms with van der Waals surface area (Å²) >= 11 is 0. The number of fused-ring (bicyclic) bond motifs is 2. The van der Waals surface area contributed by atoms with Gasteiger partial charge in [-0.05, 0) is 55.6 Å². The Labute approximate surface area is 155 Å². The number of esters is 1. The van der Waals surface area contributed by atoms with Crippen LogP contribution in [-0.4, -0.2) is 36.6 Å². The molecule has 2 heterocycles. The molecule has 0 radical (unpaired) electrons. The van der Waals surface area contributed by atoms with E-state index >= 15 is 0 Å². The van der Waals surface area contributed by atoms with Crippen molar-refractivity contribution in [1.29, 1.82) is 0 Å². The van der Waals surface area contributed by atoms with Crippen molar-refractivity contribution in [3.63, 3.8) is 0 Å². The second kappa shape index (κ2) is 7.93. The van der Waals surface area contributed by atoms with Crippen molar-refractivity contribution in [1.82, 2.24) is 4.90 Å². The summed E-state index contributed by atoms with van der Waals surface area (Å²) in [5.74, 6) is 5.73. The van der Waals surface area contributed by atoms with Crippen LogP contribution in [-0.2, 0) is 9.53 Å². The fraction of sp³-hybridized carbons (Fsp3) is 0.435. The van der Waals surface area contributed by atoms with Crippen molar-refractivity contribution in [2.24, 2.45) is 5.92 Å². The molecular formula is C23H25NO2. The molecule has 4 rings (SSSR count). The molecule has 134 valence electrons. The molecule has 0 bridgehead atoms. The second-order valence-electron chi connectivity index (χ2n) is 7.38. The van der Waals surface area contributed by atoms with E-state index in [1.54, 1.807) is 0 Å². The lowest BCUT2D eigenvalue weighted by atomic mass is 9.84. The molecule has 26 heavy (non-hydrogen) atoms. The predicted octanol–water partition coefficient (Wildman–Crippen LogP) is 4.00. The molecule has 0 aliphatic carbocycles. The van der Waals surface area contributed by atoms with Crippen LogP contribution in [0.15, 0.2) is 42.5 Å². The Balaban J connectivity index is 1.39. The first-order valence-corrected chi connectivity index (χ1v) is 9.72. The summed E-state index contributed by atoms with van der Waals surface area (Å²) in [6.07, 6.45) is 6.21. The average Bonchev–Trinajstić information content (AvgIpc) is 2.70. The number of benzene rings is 2. The zero-order valence-electron chi connectivity index (χ0n) is 15.1. The van der Waals surface area contributed by atoms with Crippen LogP contribution < -0.4 is 0 Å². The normalized spacial score (nSPS) is 22.9. The van der Waals surface area contributed by atoms with Gasteiger partial charge in [-0.15, -0.1) is 0 Å². The Morgan fingerprint density at radius 1 is 1.04 bits per heavy atom. The van der Waals surface area contributed by atoms with Crippen molar-refractivity contribution in [2.45, 2.75) is 38.1 Å². The van der Waals surface area contributed by atoms with Crippen LogP contribution in [0, 0.1) is 17.8 Å². The van der Waals surface area contributed by atoms with Gasteiger partial charge in [0.1, 0.15) is 0 Å². The van der Waals surface area contributed by atoms with Crippen LogP contribution in [0.3, 0.4) is 0 Å². The van der Waals surface area contributed by atoms with E-state index in [4.69, 9.17) is 4.74 Å². The van der Waals surface area contributed by atoms with Gasteiger partial charge in [0.15, 0.2) is 0 Å². The monoisotopic (exact) mass is 347 g/mol. The lowest BCUT2D eigenvalue weighted by Crippen LogP contribution is -2.49. The molecule has 0 N–H and O–H groups in total. The van der Waals surface area contributed by atoms with Crippen LogP contribution in [0.5, 0.6) is 0 Å². The van der Waals surface area contributed by atoms with Crippen LogP contribution in [0.25, 0.3) is 10.8 Å². The van der Waals surface area contributed by atoms with Crippen LogP contribution >= 0.6 is 0 Å². The van der Waals surface area contributed by atoms with E-state index in [0.29, 0.717) is 18.6 Å². The number of nitrogens with zero attached hydrogens (tertiary/aromatic N) is 1. The Kier molecular flexibility index (Phi) is 5.22. The standard InChI is InChI=1S/C23H25NO2/c25-23(14-13-19-9-5-8-18-7-1-2-11-21(18)19)26-17-20-10-6-16-24-15-4-3-12-22(20)24/h1-2,5,7-9,11,20,22H,3-4,6,10,12,15-17H2/t20-,22+/m1/s1. The molecule has 0 saturated carbocycles. The molecule has 2 saturated heterocycles. The van der Waals surface area contributed by atoms with Crippen molar-refractivity contribution in [3.05, 3.63) is 48.0 Å². The molecular weight excluding hydrogens is 322 g/mol. The number of hydrogen-bond acceptors (Lipinski definition) is 3. The van der Waals surface area contributed by atoms with Gasteiger partial charge in [0.05, 0.1) is 6.61 Å². The molecule has 3 heteroatoms. The van der Waals surface area contributed by atoms with E-state index in [-0.39, 0.29) is 0 Å². The van der Waals surface area contributed by atoms with E-state index in [9.17, 15) is 4.79 Å². The number of carbonyl (C=O) groups excluding carboxylic acids is 1. The minimum Gasteiger partial charge on any atom is -0.456 e. The first kappa shape index (κ1) is 17.1. The van der Waals surface area contributed by atoms with Gasteiger partial charge in [-0.3, -0.25) is 4.90 Å². The Bertz CT molecular complexity index is 841. The van der Waals surface area contributed by atoms with Gasteiger partial charge in [0, 0.05) is 23.4 Å². The van der Waals surface area contributed by atoms with Gasteiger partial charge in [0.25, 0.3) is 0 Å². The first-order chi connectivity index (χ1) is 12.8. The lowest BCUT2D eigenvalue weighted by Gasteiger charge is -2.44. The zero-order valence-corrected chi connectivity index (χ0v) is 15.1. The first-order valence-electron chi connectivity index (χ1n) is 9.72. The molecule has 2 atom stereocenters. The number of rotatable bonds is 2. The zero-order chi connectivity index (χ0) is 17.8. The van der Waals surface area contributed by atoms with Crippen molar-refractivity contribution < 1.29 is 9.53 Å². The minimum absolute atomic E-state index is 0.411. The molecule has 0 spiro atoms. The molecule has 3 nitrogen and oxygen atoms in total. The average molecular weight is 347 g/mol. The predicted molar refractivity (Wildman–Crippen MR) is 104 cm³/mol. The second-order valence-corrected chi connectivity index (χ2v) is 7.38. The lowest BCUT2D eigenvalue weighted by molar-refractivity contribution is -0.139. The van der Waals surface area contributed by atoms with E-state index in [1.807, 2.05) is 30.3 Å². The minimum atomic E-state index is -0.411. The Morgan fingerprint density at radius 3 is 2.85 bits per heavy atom. The Hall–Kier alpha value is -2.31. The van der Waals surface area contributed by atoms with Gasteiger partial charge >= 0.3 is 5.97 Å². The molecule has 0 amide bonds. The van der Waals surface area contributed by atoms with E-state index < -0.39 is 5.97 Å². The summed E-state index contributed by atoms with van der Waals surface area (Å²) < 4.78 is 5.53. The summed E-state index contributed by atoms with van der Waals surface area (Å²) in [5.41, 5.74) is 0.871. The highest BCUT2D eigenvalue weighted by Crippen LogP contribution is 2.31. The summed E-state index contributed by atoms with van der Waals surface area (Å²) in [4.78, 5) is 14.7. The van der Waals surface area contributed by atoms with Crippen LogP contribution in [0.4, 0.5) is 0 Å². The quantitative estimate of drug-likeness (QED) is 0.607. The van der Waals surface area contributed by atoms with Gasteiger partial charge in [-0.2, -0.15) is 0 Å².